The molecule has 3 fully saturated rings. The van der Waals surface area contributed by atoms with Gasteiger partial charge in [-0.3, -0.25) is 14.4 Å². The molecule has 3 heterocycles. The molecule has 8 heteroatoms. The minimum atomic E-state index is -0.991. The lowest BCUT2D eigenvalue weighted by atomic mass is 9.66. The van der Waals surface area contributed by atoms with Crippen LogP contribution in [0.25, 0.3) is 0 Å². The first-order valence-corrected chi connectivity index (χ1v) is 11.8. The summed E-state index contributed by atoms with van der Waals surface area (Å²) in [5, 5.41) is 19.7. The number of carbonyl (C=O) groups is 3. The summed E-state index contributed by atoms with van der Waals surface area (Å²) < 4.78 is -1.39. The Balaban J connectivity index is 1.83. The maximum atomic E-state index is 14.2. The molecule has 4 rings (SSSR count). The molecule has 2 unspecified atom stereocenters. The maximum Gasteiger partial charge on any atom is 0.308 e. The van der Waals surface area contributed by atoms with E-state index in [-0.39, 0.29) is 31.5 Å². The average Bonchev–Trinajstić information content (AvgIpc) is 3.29. The van der Waals surface area contributed by atoms with Crippen LogP contribution in [0.4, 0.5) is 5.69 Å². The third-order valence-corrected chi connectivity index (χ3v) is 9.34. The summed E-state index contributed by atoms with van der Waals surface area (Å²) in [6.07, 6.45) is 2.89. The van der Waals surface area contributed by atoms with Gasteiger partial charge in [-0.2, -0.15) is 0 Å². The van der Waals surface area contributed by atoms with E-state index in [1.807, 2.05) is 39.0 Å². The van der Waals surface area contributed by atoms with Crippen molar-refractivity contribution in [2.45, 2.75) is 49.1 Å². The number of likely N-dealkylation sites (tertiary alicyclic amines) is 1. The molecule has 32 heavy (non-hydrogen) atoms. The number of aliphatic hydroxyl groups is 1. The molecule has 3 aliphatic heterocycles. The summed E-state index contributed by atoms with van der Waals surface area (Å²) in [4.78, 5) is 43.0. The number of rotatable bonds is 7. The van der Waals surface area contributed by atoms with Crippen molar-refractivity contribution in [3.05, 3.63) is 42.0 Å². The summed E-state index contributed by atoms with van der Waals surface area (Å²) in [5.41, 5.74) is 2.69. The Hall–Kier alpha value is -2.32. The molecule has 0 radical (unpaired) electrons. The van der Waals surface area contributed by atoms with Gasteiger partial charge < -0.3 is 20.0 Å². The molecule has 7 nitrogen and oxygen atoms in total. The number of amides is 2. The van der Waals surface area contributed by atoms with Crippen LogP contribution >= 0.6 is 11.8 Å². The van der Waals surface area contributed by atoms with Gasteiger partial charge in [-0.05, 0) is 50.8 Å². The predicted octanol–water partition coefficient (Wildman–Crippen LogP) is 2.38. The highest BCUT2D eigenvalue weighted by atomic mass is 32.2. The smallest absolute Gasteiger partial charge is 0.308 e. The Morgan fingerprint density at radius 2 is 2.06 bits per heavy atom. The second-order valence-corrected chi connectivity index (χ2v) is 11.2. The largest absolute Gasteiger partial charge is 0.481 e. The summed E-state index contributed by atoms with van der Waals surface area (Å²) in [6.45, 7) is 9.60. The fourth-order valence-electron chi connectivity index (χ4n) is 6.02. The Morgan fingerprint density at radius 3 is 2.69 bits per heavy atom. The second kappa shape index (κ2) is 7.92. The van der Waals surface area contributed by atoms with Crippen LogP contribution in [-0.4, -0.2) is 68.1 Å². The fourth-order valence-corrected chi connectivity index (χ4v) is 8.37. The molecule has 1 aromatic rings. The van der Waals surface area contributed by atoms with Crippen LogP contribution in [0.3, 0.4) is 0 Å². The molecule has 5 atom stereocenters. The Labute approximate surface area is 192 Å². The SMILES string of the molecule is C=CCN(C(=O)C1N(CCO)C(=O)[C@@H]2[C@H](C(=O)O)[C@]3(C)CCC12S3)c1cc(C)ccc1C. The van der Waals surface area contributed by atoms with E-state index in [1.165, 1.54) is 16.7 Å². The number of nitrogens with zero attached hydrogens (tertiary/aromatic N) is 2. The van der Waals surface area contributed by atoms with Gasteiger partial charge in [-0.25, -0.2) is 0 Å². The highest BCUT2D eigenvalue weighted by Crippen LogP contribution is 2.71. The summed E-state index contributed by atoms with van der Waals surface area (Å²) in [7, 11) is 0. The summed E-state index contributed by atoms with van der Waals surface area (Å²) >= 11 is 1.50. The second-order valence-electron chi connectivity index (χ2n) is 9.35. The van der Waals surface area contributed by atoms with Crippen LogP contribution in [0.5, 0.6) is 0 Å². The number of fused-ring (bicyclic) bond motifs is 1. The molecule has 3 saturated heterocycles. The topological polar surface area (TPSA) is 98.2 Å². The number of anilines is 1. The van der Waals surface area contributed by atoms with Gasteiger partial charge in [0.15, 0.2) is 0 Å². The third kappa shape index (κ3) is 3.10. The van der Waals surface area contributed by atoms with Crippen molar-refractivity contribution in [3.63, 3.8) is 0 Å². The van der Waals surface area contributed by atoms with Gasteiger partial charge in [0.25, 0.3) is 5.91 Å². The lowest BCUT2D eigenvalue weighted by molar-refractivity contribution is -0.150. The van der Waals surface area contributed by atoms with E-state index in [9.17, 15) is 24.6 Å². The zero-order valence-electron chi connectivity index (χ0n) is 18.7. The number of hydrogen-bond donors (Lipinski definition) is 2. The number of hydrogen-bond acceptors (Lipinski definition) is 5. The van der Waals surface area contributed by atoms with Gasteiger partial charge in [0, 0.05) is 23.5 Å². The molecule has 1 aromatic carbocycles. The van der Waals surface area contributed by atoms with E-state index in [0.717, 1.165) is 16.8 Å². The molecule has 0 saturated carbocycles. The van der Waals surface area contributed by atoms with Crippen LogP contribution < -0.4 is 4.90 Å². The first-order valence-electron chi connectivity index (χ1n) is 10.9. The Bertz CT molecular complexity index is 997. The molecule has 172 valence electrons. The monoisotopic (exact) mass is 458 g/mol. The first-order chi connectivity index (χ1) is 15.1. The first kappa shape index (κ1) is 22.9. The normalized spacial score (nSPS) is 32.8. The molecule has 1 spiro atoms. The summed E-state index contributed by atoms with van der Waals surface area (Å²) in [5.74, 6) is -3.19. The molecular formula is C24H30N2O5S. The number of aliphatic carboxylic acids is 1. The van der Waals surface area contributed by atoms with Gasteiger partial charge in [-0.1, -0.05) is 18.2 Å². The summed E-state index contributed by atoms with van der Waals surface area (Å²) in [6, 6.07) is 5.05. The number of β-amino-alcohol motifs (C(OH)–C–C–N with tert-alkyl or cyclic N) is 1. The van der Waals surface area contributed by atoms with Gasteiger partial charge in [0.2, 0.25) is 5.91 Å². The van der Waals surface area contributed by atoms with Gasteiger partial charge >= 0.3 is 5.97 Å². The molecule has 0 aromatic heterocycles. The van der Waals surface area contributed by atoms with E-state index in [4.69, 9.17) is 0 Å². The van der Waals surface area contributed by atoms with Crippen LogP contribution in [0, 0.1) is 25.7 Å². The van der Waals surface area contributed by atoms with E-state index in [1.54, 1.807) is 11.0 Å². The van der Waals surface area contributed by atoms with E-state index < -0.39 is 33.3 Å². The van der Waals surface area contributed by atoms with Crippen molar-refractivity contribution >= 4 is 35.2 Å². The van der Waals surface area contributed by atoms with Crippen molar-refractivity contribution in [1.82, 2.24) is 4.90 Å². The molecule has 0 aliphatic carbocycles. The zero-order valence-corrected chi connectivity index (χ0v) is 19.5. The van der Waals surface area contributed by atoms with Gasteiger partial charge in [-0.15, -0.1) is 18.3 Å². The lowest BCUT2D eigenvalue weighted by Gasteiger charge is -2.37. The number of carboxylic acids is 1. The molecule has 2 bridgehead atoms. The molecule has 2 amide bonds. The van der Waals surface area contributed by atoms with Gasteiger partial charge in [0.05, 0.1) is 23.2 Å². The fraction of sp³-hybridized carbons (Fsp3) is 0.542. The van der Waals surface area contributed by atoms with E-state index in [0.29, 0.717) is 12.8 Å². The number of aryl methyl sites for hydroxylation is 2. The lowest BCUT2D eigenvalue weighted by Crippen LogP contribution is -2.55. The number of carboxylic acid groups (broad SMARTS) is 1. The number of carbonyl (C=O) groups excluding carboxylic acids is 2. The minimum Gasteiger partial charge on any atom is -0.481 e. The van der Waals surface area contributed by atoms with Crippen LogP contribution in [-0.2, 0) is 14.4 Å². The van der Waals surface area contributed by atoms with Crippen LogP contribution in [0.1, 0.15) is 30.9 Å². The van der Waals surface area contributed by atoms with Crippen molar-refractivity contribution in [3.8, 4) is 0 Å². The van der Waals surface area contributed by atoms with Crippen molar-refractivity contribution in [2.75, 3.05) is 24.6 Å². The quantitative estimate of drug-likeness (QED) is 0.609. The number of aliphatic hydroxyl groups excluding tert-OH is 1. The molecular weight excluding hydrogens is 428 g/mol. The van der Waals surface area contributed by atoms with Crippen molar-refractivity contribution in [2.24, 2.45) is 11.8 Å². The third-order valence-electron chi connectivity index (χ3n) is 7.35. The Morgan fingerprint density at radius 1 is 1.34 bits per heavy atom. The average molecular weight is 459 g/mol. The predicted molar refractivity (Wildman–Crippen MR) is 124 cm³/mol. The standard InChI is InChI=1S/C24H30N2O5S/c1-5-10-25(16-13-14(2)6-7-15(16)3)21(29)19-24-9-8-23(4,32-24)18(22(30)31)17(24)20(28)26(19)11-12-27/h5-7,13,17-19,27H,1,8-12H2,2-4H3,(H,30,31)/t17-,18+,19?,23-,24?/m0/s1. The van der Waals surface area contributed by atoms with E-state index >= 15 is 0 Å². The zero-order chi connectivity index (χ0) is 23.4. The molecule has 3 aliphatic rings. The van der Waals surface area contributed by atoms with Gasteiger partial charge in [0.1, 0.15) is 6.04 Å². The van der Waals surface area contributed by atoms with Crippen LogP contribution in [0.15, 0.2) is 30.9 Å². The maximum absolute atomic E-state index is 14.2. The van der Waals surface area contributed by atoms with Crippen LogP contribution in [0.2, 0.25) is 0 Å². The van der Waals surface area contributed by atoms with Crippen molar-refractivity contribution in [1.29, 1.82) is 0 Å². The highest BCUT2D eigenvalue weighted by molar-refractivity contribution is 8.02. The van der Waals surface area contributed by atoms with Crippen molar-refractivity contribution < 1.29 is 24.6 Å². The Kier molecular flexibility index (Phi) is 5.66. The minimum absolute atomic E-state index is 0.00579. The number of benzene rings is 1. The molecule has 2 N–H and O–H groups in total. The van der Waals surface area contributed by atoms with E-state index in [2.05, 4.69) is 6.58 Å². The number of thioether (sulfide) groups is 1. The highest BCUT2D eigenvalue weighted by Gasteiger charge is 2.77.